The number of carbonyl (C=O) groups is 1. The van der Waals surface area contributed by atoms with Gasteiger partial charge in [-0.15, -0.1) is 6.58 Å². The number of methoxy groups -OCH3 is 2. The Hall–Kier alpha value is -2.95. The van der Waals surface area contributed by atoms with Gasteiger partial charge in [0, 0.05) is 37.5 Å². The summed E-state index contributed by atoms with van der Waals surface area (Å²) < 4.78 is 10.8. The van der Waals surface area contributed by atoms with E-state index in [1.807, 2.05) is 49.3 Å². The average Bonchev–Trinajstić information content (AvgIpc) is 2.65. The first-order valence-corrected chi connectivity index (χ1v) is 8.40. The zero-order valence-corrected chi connectivity index (χ0v) is 15.8. The molecule has 2 rings (SSSR count). The highest BCUT2D eigenvalue weighted by Crippen LogP contribution is 2.33. The van der Waals surface area contributed by atoms with Gasteiger partial charge in [0.25, 0.3) is 5.91 Å². The Kier molecular flexibility index (Phi) is 6.67. The Morgan fingerprint density at radius 2 is 1.85 bits per heavy atom. The molecule has 0 aromatic heterocycles. The number of nitrogens with one attached hydrogen (secondary N) is 1. The number of nitrogens with zero attached hydrogens (tertiary/aromatic N) is 1. The molecule has 0 aliphatic carbocycles. The smallest absolute Gasteiger partial charge is 0.251 e. The van der Waals surface area contributed by atoms with Crippen LogP contribution in [0.1, 0.15) is 21.5 Å². The molecule has 26 heavy (non-hydrogen) atoms. The summed E-state index contributed by atoms with van der Waals surface area (Å²) >= 11 is 0. The van der Waals surface area contributed by atoms with Crippen molar-refractivity contribution < 1.29 is 14.3 Å². The number of carbonyl (C=O) groups excluding carboxylic acids is 1. The van der Waals surface area contributed by atoms with Gasteiger partial charge in [-0.2, -0.15) is 0 Å². The predicted molar refractivity (Wildman–Crippen MR) is 105 cm³/mol. The lowest BCUT2D eigenvalue weighted by molar-refractivity contribution is 0.0950. The lowest BCUT2D eigenvalue weighted by Crippen LogP contribution is -2.23. The fourth-order valence-electron chi connectivity index (χ4n) is 2.68. The van der Waals surface area contributed by atoms with E-state index in [0.717, 1.165) is 16.8 Å². The fraction of sp³-hybridized carbons (Fsp3) is 0.286. The number of anilines is 1. The zero-order valence-electron chi connectivity index (χ0n) is 15.8. The highest BCUT2D eigenvalue weighted by atomic mass is 16.5. The molecule has 0 aliphatic heterocycles. The van der Waals surface area contributed by atoms with Gasteiger partial charge >= 0.3 is 0 Å². The zero-order chi connectivity index (χ0) is 19.1. The third-order valence-electron chi connectivity index (χ3n) is 4.09. The first kappa shape index (κ1) is 19.4. The molecule has 138 valence electrons. The maximum Gasteiger partial charge on any atom is 0.251 e. The topological polar surface area (TPSA) is 50.8 Å². The SMILES string of the molecule is C=CCc1cc(C(=O)NCc2ccc(N(C)C)cc2)cc(OC)c1OC. The van der Waals surface area contributed by atoms with Crippen LogP contribution in [0.3, 0.4) is 0 Å². The van der Waals surface area contributed by atoms with Crippen molar-refractivity contribution in [3.05, 3.63) is 65.7 Å². The van der Waals surface area contributed by atoms with Crippen molar-refractivity contribution in [3.63, 3.8) is 0 Å². The molecule has 5 nitrogen and oxygen atoms in total. The molecule has 0 aliphatic rings. The van der Waals surface area contributed by atoms with Crippen molar-refractivity contribution in [1.82, 2.24) is 5.32 Å². The van der Waals surface area contributed by atoms with Crippen LogP contribution in [-0.2, 0) is 13.0 Å². The molecule has 2 aromatic rings. The lowest BCUT2D eigenvalue weighted by Gasteiger charge is -2.15. The summed E-state index contributed by atoms with van der Waals surface area (Å²) in [4.78, 5) is 14.6. The third kappa shape index (κ3) is 4.57. The molecule has 0 saturated heterocycles. The van der Waals surface area contributed by atoms with E-state index in [-0.39, 0.29) is 5.91 Å². The predicted octanol–water partition coefficient (Wildman–Crippen LogP) is 3.43. The van der Waals surface area contributed by atoms with E-state index in [9.17, 15) is 4.79 Å². The Balaban J connectivity index is 2.15. The van der Waals surface area contributed by atoms with E-state index >= 15 is 0 Å². The number of ether oxygens (including phenoxy) is 2. The number of hydrogen-bond acceptors (Lipinski definition) is 4. The van der Waals surface area contributed by atoms with Crippen molar-refractivity contribution in [3.8, 4) is 11.5 Å². The van der Waals surface area contributed by atoms with Crippen molar-refractivity contribution in [1.29, 1.82) is 0 Å². The molecule has 2 aromatic carbocycles. The van der Waals surface area contributed by atoms with Crippen molar-refractivity contribution in [2.45, 2.75) is 13.0 Å². The van der Waals surface area contributed by atoms with Gasteiger partial charge in [-0.05, 0) is 36.2 Å². The van der Waals surface area contributed by atoms with Crippen LogP contribution >= 0.6 is 0 Å². The maximum absolute atomic E-state index is 12.6. The van der Waals surface area contributed by atoms with Crippen LogP contribution in [0.4, 0.5) is 5.69 Å². The summed E-state index contributed by atoms with van der Waals surface area (Å²) in [5.41, 5.74) is 3.55. The minimum Gasteiger partial charge on any atom is -0.493 e. The minimum absolute atomic E-state index is 0.159. The second-order valence-electron chi connectivity index (χ2n) is 6.11. The monoisotopic (exact) mass is 354 g/mol. The van der Waals surface area contributed by atoms with E-state index in [1.165, 1.54) is 0 Å². The number of amides is 1. The average molecular weight is 354 g/mol. The number of hydrogen-bond donors (Lipinski definition) is 1. The van der Waals surface area contributed by atoms with E-state index in [0.29, 0.717) is 30.0 Å². The maximum atomic E-state index is 12.6. The van der Waals surface area contributed by atoms with Gasteiger partial charge in [0.1, 0.15) is 0 Å². The van der Waals surface area contributed by atoms with Crippen LogP contribution in [0.5, 0.6) is 11.5 Å². The quantitative estimate of drug-likeness (QED) is 0.738. The lowest BCUT2D eigenvalue weighted by atomic mass is 10.0. The van der Waals surface area contributed by atoms with Gasteiger partial charge in [-0.25, -0.2) is 0 Å². The van der Waals surface area contributed by atoms with Gasteiger partial charge in [0.2, 0.25) is 0 Å². The van der Waals surface area contributed by atoms with Gasteiger partial charge in [-0.1, -0.05) is 18.2 Å². The molecule has 0 unspecified atom stereocenters. The number of rotatable bonds is 8. The molecule has 0 saturated carbocycles. The van der Waals surface area contributed by atoms with Crippen molar-refractivity contribution in [2.75, 3.05) is 33.2 Å². The largest absolute Gasteiger partial charge is 0.493 e. The van der Waals surface area contributed by atoms with Crippen LogP contribution < -0.4 is 19.7 Å². The van der Waals surface area contributed by atoms with E-state index in [2.05, 4.69) is 11.9 Å². The molecule has 0 heterocycles. The molecule has 0 fully saturated rings. The van der Waals surface area contributed by atoms with Crippen LogP contribution in [-0.4, -0.2) is 34.2 Å². The van der Waals surface area contributed by atoms with Gasteiger partial charge in [0.15, 0.2) is 11.5 Å². The standard InChI is InChI=1S/C21H26N2O3/c1-6-7-16-12-17(13-19(25-4)20(16)26-5)21(24)22-14-15-8-10-18(11-9-15)23(2)3/h6,8-13H,1,7,14H2,2-5H3,(H,22,24). The summed E-state index contributed by atoms with van der Waals surface area (Å²) in [5.74, 6) is 1.00. The van der Waals surface area contributed by atoms with Crippen molar-refractivity contribution >= 4 is 11.6 Å². The minimum atomic E-state index is -0.159. The van der Waals surface area contributed by atoms with E-state index < -0.39 is 0 Å². The molecular weight excluding hydrogens is 328 g/mol. The van der Waals surface area contributed by atoms with E-state index in [1.54, 1.807) is 26.4 Å². The third-order valence-corrected chi connectivity index (χ3v) is 4.09. The summed E-state index contributed by atoms with van der Waals surface area (Å²) in [6.07, 6.45) is 2.36. The second kappa shape index (κ2) is 8.94. The molecule has 0 bridgehead atoms. The van der Waals surface area contributed by atoms with Crippen LogP contribution in [0.25, 0.3) is 0 Å². The normalized spacial score (nSPS) is 10.2. The molecule has 1 N–H and O–H groups in total. The Morgan fingerprint density at radius 3 is 2.38 bits per heavy atom. The first-order chi connectivity index (χ1) is 12.5. The summed E-state index contributed by atoms with van der Waals surface area (Å²) in [5, 5.41) is 2.95. The fourth-order valence-corrected chi connectivity index (χ4v) is 2.68. The number of allylic oxidation sites excluding steroid dienone is 1. The highest BCUT2D eigenvalue weighted by Gasteiger charge is 2.15. The molecule has 1 amide bonds. The van der Waals surface area contributed by atoms with Gasteiger partial charge < -0.3 is 19.7 Å². The summed E-state index contributed by atoms with van der Waals surface area (Å²) in [6.45, 7) is 4.21. The summed E-state index contributed by atoms with van der Waals surface area (Å²) in [6, 6.07) is 11.6. The Bertz CT molecular complexity index is 768. The number of benzene rings is 2. The first-order valence-electron chi connectivity index (χ1n) is 8.40. The molecule has 0 spiro atoms. The molecule has 0 radical (unpaired) electrons. The highest BCUT2D eigenvalue weighted by molar-refractivity contribution is 5.95. The Labute approximate surface area is 155 Å². The van der Waals surface area contributed by atoms with Gasteiger partial charge in [-0.3, -0.25) is 4.79 Å². The molecule has 0 atom stereocenters. The van der Waals surface area contributed by atoms with Crippen LogP contribution in [0, 0.1) is 0 Å². The summed E-state index contributed by atoms with van der Waals surface area (Å²) in [7, 11) is 7.13. The molecule has 5 heteroatoms. The Morgan fingerprint density at radius 1 is 1.15 bits per heavy atom. The van der Waals surface area contributed by atoms with Crippen molar-refractivity contribution in [2.24, 2.45) is 0 Å². The van der Waals surface area contributed by atoms with E-state index in [4.69, 9.17) is 9.47 Å². The molecular formula is C21H26N2O3. The van der Waals surface area contributed by atoms with Gasteiger partial charge in [0.05, 0.1) is 14.2 Å². The van der Waals surface area contributed by atoms with Crippen LogP contribution in [0.15, 0.2) is 49.1 Å². The second-order valence-corrected chi connectivity index (χ2v) is 6.11. The van der Waals surface area contributed by atoms with Crippen LogP contribution in [0.2, 0.25) is 0 Å².